The number of aliphatic hydroxyl groups excluding tert-OH is 1. The minimum atomic E-state index is 0.0243. The van der Waals surface area contributed by atoms with E-state index in [1.54, 1.807) is 7.11 Å². The van der Waals surface area contributed by atoms with Gasteiger partial charge in [0.15, 0.2) is 0 Å². The number of hydrogen-bond acceptors (Lipinski definition) is 4. The van der Waals surface area contributed by atoms with Gasteiger partial charge in [0.05, 0.1) is 18.7 Å². The van der Waals surface area contributed by atoms with Crippen molar-refractivity contribution in [2.45, 2.75) is 13.0 Å². The first kappa shape index (κ1) is 12.8. The van der Waals surface area contributed by atoms with E-state index in [1.165, 1.54) is 0 Å². The maximum atomic E-state index is 9.09. The highest BCUT2D eigenvalue weighted by molar-refractivity contribution is 5.79. The molecule has 0 aliphatic heterocycles. The lowest BCUT2D eigenvalue weighted by Crippen LogP contribution is -2.02. The Bertz CT molecular complexity index is 513. The minimum absolute atomic E-state index is 0.0243. The minimum Gasteiger partial charge on any atom is -0.478 e. The Labute approximate surface area is 106 Å². The molecule has 0 bridgehead atoms. The van der Waals surface area contributed by atoms with Gasteiger partial charge in [0, 0.05) is 31.6 Å². The first-order valence-corrected chi connectivity index (χ1v) is 5.96. The molecule has 1 N–H and O–H groups in total. The van der Waals surface area contributed by atoms with Crippen LogP contribution in [0.5, 0.6) is 5.88 Å². The summed E-state index contributed by atoms with van der Waals surface area (Å²) in [6.07, 6.45) is 0.840. The Balaban J connectivity index is 2.10. The fraction of sp³-hybridized carbons (Fsp3) is 0.357. The molecule has 96 valence electrons. The normalized spacial score (nSPS) is 10.8. The predicted molar refractivity (Wildman–Crippen MR) is 69.7 cm³/mol. The summed E-state index contributed by atoms with van der Waals surface area (Å²) in [5, 5.41) is 10.1. The third kappa shape index (κ3) is 3.18. The second kappa shape index (κ2) is 6.33. The van der Waals surface area contributed by atoms with Crippen LogP contribution in [0.4, 0.5) is 0 Å². The Morgan fingerprint density at radius 1 is 1.17 bits per heavy atom. The largest absolute Gasteiger partial charge is 0.478 e. The van der Waals surface area contributed by atoms with E-state index in [2.05, 4.69) is 4.98 Å². The van der Waals surface area contributed by atoms with Crippen LogP contribution >= 0.6 is 0 Å². The van der Waals surface area contributed by atoms with Gasteiger partial charge in [-0.05, 0) is 17.7 Å². The lowest BCUT2D eigenvalue weighted by molar-refractivity contribution is 0.170. The second-order valence-electron chi connectivity index (χ2n) is 4.03. The van der Waals surface area contributed by atoms with Gasteiger partial charge < -0.3 is 14.6 Å². The molecule has 0 amide bonds. The van der Waals surface area contributed by atoms with Crippen LogP contribution in [-0.2, 0) is 11.3 Å². The van der Waals surface area contributed by atoms with Gasteiger partial charge >= 0.3 is 0 Å². The van der Waals surface area contributed by atoms with Crippen molar-refractivity contribution in [3.8, 4) is 5.88 Å². The van der Waals surface area contributed by atoms with Crippen LogP contribution in [0.3, 0.4) is 0 Å². The fourth-order valence-corrected chi connectivity index (χ4v) is 1.70. The number of nitrogens with zero attached hydrogens (tertiary/aromatic N) is 1. The van der Waals surface area contributed by atoms with Crippen molar-refractivity contribution in [2.24, 2.45) is 0 Å². The summed E-state index contributed by atoms with van der Waals surface area (Å²) in [4.78, 5) is 4.41. The van der Waals surface area contributed by atoms with Crippen LogP contribution < -0.4 is 4.74 Å². The number of benzene rings is 1. The smallest absolute Gasteiger partial charge is 0.213 e. The van der Waals surface area contributed by atoms with E-state index in [0.29, 0.717) is 19.1 Å². The fourth-order valence-electron chi connectivity index (χ4n) is 1.70. The molecule has 1 heterocycles. The number of aliphatic hydroxyl groups is 1. The van der Waals surface area contributed by atoms with E-state index in [9.17, 15) is 0 Å². The van der Waals surface area contributed by atoms with Gasteiger partial charge in [-0.1, -0.05) is 12.1 Å². The highest BCUT2D eigenvalue weighted by Crippen LogP contribution is 2.18. The molecule has 0 saturated heterocycles. The van der Waals surface area contributed by atoms with Crippen LogP contribution in [0.25, 0.3) is 10.9 Å². The third-order valence-corrected chi connectivity index (χ3v) is 2.66. The highest BCUT2D eigenvalue weighted by Gasteiger charge is 2.00. The Kier molecular flexibility index (Phi) is 4.50. The zero-order chi connectivity index (χ0) is 12.8. The van der Waals surface area contributed by atoms with Crippen molar-refractivity contribution < 1.29 is 14.6 Å². The summed E-state index contributed by atoms with van der Waals surface area (Å²) in [6, 6.07) is 9.53. The van der Waals surface area contributed by atoms with Gasteiger partial charge in [-0.2, -0.15) is 0 Å². The quantitative estimate of drug-likeness (QED) is 0.795. The monoisotopic (exact) mass is 247 g/mol. The van der Waals surface area contributed by atoms with E-state index >= 15 is 0 Å². The molecule has 0 spiro atoms. The van der Waals surface area contributed by atoms with Crippen molar-refractivity contribution in [1.29, 1.82) is 0 Å². The zero-order valence-corrected chi connectivity index (χ0v) is 10.4. The van der Waals surface area contributed by atoms with Crippen LogP contribution in [0, 0.1) is 0 Å². The number of fused-ring (bicyclic) bond motifs is 1. The van der Waals surface area contributed by atoms with Crippen LogP contribution in [0.2, 0.25) is 0 Å². The molecular weight excluding hydrogens is 230 g/mol. The maximum absolute atomic E-state index is 9.09. The Hall–Kier alpha value is -1.65. The summed E-state index contributed by atoms with van der Waals surface area (Å²) in [7, 11) is 1.67. The van der Waals surface area contributed by atoms with E-state index in [4.69, 9.17) is 14.6 Å². The average Bonchev–Trinajstić information content (AvgIpc) is 2.42. The average molecular weight is 247 g/mol. The molecule has 4 heteroatoms. The van der Waals surface area contributed by atoms with Gasteiger partial charge in [-0.15, -0.1) is 0 Å². The standard InChI is InChI=1S/C14H17NO3/c1-17-7-2-8-18-14-6-5-12-4-3-11(10-16)9-13(12)15-14/h3-6,9,16H,2,7-8,10H2,1H3. The van der Waals surface area contributed by atoms with E-state index in [-0.39, 0.29) is 6.61 Å². The molecule has 0 aliphatic rings. The van der Waals surface area contributed by atoms with Crippen molar-refractivity contribution in [2.75, 3.05) is 20.3 Å². The molecule has 1 aromatic heterocycles. The molecule has 0 saturated carbocycles. The zero-order valence-electron chi connectivity index (χ0n) is 10.4. The molecular formula is C14H17NO3. The number of pyridine rings is 1. The van der Waals surface area contributed by atoms with E-state index < -0.39 is 0 Å². The lowest BCUT2D eigenvalue weighted by atomic mass is 10.1. The number of methoxy groups -OCH3 is 1. The predicted octanol–water partition coefficient (Wildman–Crippen LogP) is 2.14. The lowest BCUT2D eigenvalue weighted by Gasteiger charge is -2.06. The van der Waals surface area contributed by atoms with Crippen molar-refractivity contribution >= 4 is 10.9 Å². The van der Waals surface area contributed by atoms with E-state index in [0.717, 1.165) is 22.9 Å². The molecule has 2 rings (SSSR count). The summed E-state index contributed by atoms with van der Waals surface area (Å²) in [6.45, 7) is 1.30. The van der Waals surface area contributed by atoms with Crippen molar-refractivity contribution in [1.82, 2.24) is 4.98 Å². The van der Waals surface area contributed by atoms with Gasteiger partial charge in [-0.25, -0.2) is 4.98 Å². The molecule has 0 unspecified atom stereocenters. The van der Waals surface area contributed by atoms with Crippen molar-refractivity contribution in [3.63, 3.8) is 0 Å². The number of aromatic nitrogens is 1. The third-order valence-electron chi connectivity index (χ3n) is 2.66. The first-order chi connectivity index (χ1) is 8.83. The van der Waals surface area contributed by atoms with Gasteiger partial charge in [0.25, 0.3) is 0 Å². The molecule has 0 radical (unpaired) electrons. The molecule has 2 aromatic rings. The highest BCUT2D eigenvalue weighted by atomic mass is 16.5. The summed E-state index contributed by atoms with van der Waals surface area (Å²) in [5.41, 5.74) is 1.69. The molecule has 4 nitrogen and oxygen atoms in total. The molecule has 0 fully saturated rings. The van der Waals surface area contributed by atoms with Gasteiger partial charge in [-0.3, -0.25) is 0 Å². The summed E-state index contributed by atoms with van der Waals surface area (Å²) < 4.78 is 10.5. The van der Waals surface area contributed by atoms with Crippen molar-refractivity contribution in [3.05, 3.63) is 35.9 Å². The molecule has 18 heavy (non-hydrogen) atoms. The number of rotatable bonds is 6. The van der Waals surface area contributed by atoms with Crippen LogP contribution in [0.1, 0.15) is 12.0 Å². The summed E-state index contributed by atoms with van der Waals surface area (Å²) in [5.74, 6) is 0.605. The number of hydrogen-bond donors (Lipinski definition) is 1. The second-order valence-corrected chi connectivity index (χ2v) is 4.03. The first-order valence-electron chi connectivity index (χ1n) is 5.96. The van der Waals surface area contributed by atoms with Gasteiger partial charge in [0.2, 0.25) is 5.88 Å². The molecule has 0 atom stereocenters. The van der Waals surface area contributed by atoms with Gasteiger partial charge in [0.1, 0.15) is 0 Å². The van der Waals surface area contributed by atoms with Crippen LogP contribution in [-0.4, -0.2) is 30.4 Å². The summed E-state index contributed by atoms with van der Waals surface area (Å²) >= 11 is 0. The SMILES string of the molecule is COCCCOc1ccc2ccc(CO)cc2n1. The topological polar surface area (TPSA) is 51.6 Å². The molecule has 0 aliphatic carbocycles. The van der Waals surface area contributed by atoms with E-state index in [1.807, 2.05) is 30.3 Å². The Morgan fingerprint density at radius 2 is 2.00 bits per heavy atom. The van der Waals surface area contributed by atoms with Crippen LogP contribution in [0.15, 0.2) is 30.3 Å². The molecule has 1 aromatic carbocycles. The number of ether oxygens (including phenoxy) is 2. The Morgan fingerprint density at radius 3 is 2.78 bits per heavy atom. The maximum Gasteiger partial charge on any atom is 0.213 e.